The lowest BCUT2D eigenvalue weighted by atomic mass is 10.0. The quantitative estimate of drug-likeness (QED) is 0.473. The van der Waals surface area contributed by atoms with E-state index in [-0.39, 0.29) is 23.6 Å². The number of nitrogens with zero attached hydrogens (tertiary/aromatic N) is 4. The number of pyridine rings is 2. The second-order valence-electron chi connectivity index (χ2n) is 9.78. The first-order chi connectivity index (χ1) is 17.5. The third-order valence-corrected chi connectivity index (χ3v) is 7.29. The van der Waals surface area contributed by atoms with Gasteiger partial charge in [0.25, 0.3) is 11.5 Å². The monoisotopic (exact) mass is 487 g/mol. The van der Waals surface area contributed by atoms with E-state index in [2.05, 4.69) is 15.1 Å². The molecule has 0 saturated carbocycles. The minimum absolute atomic E-state index is 0.0287. The zero-order chi connectivity index (χ0) is 24.8. The zero-order valence-corrected chi connectivity index (χ0v) is 20.5. The molecule has 1 aromatic carbocycles. The maximum absolute atomic E-state index is 13.6. The number of aryl methyl sites for hydroxylation is 2. The molecule has 2 aliphatic heterocycles. The number of rotatable bonds is 4. The van der Waals surface area contributed by atoms with E-state index in [0.29, 0.717) is 42.8 Å². The topological polar surface area (TPSA) is 102 Å². The van der Waals surface area contributed by atoms with Crippen molar-refractivity contribution in [3.8, 4) is 5.75 Å². The lowest BCUT2D eigenvalue weighted by molar-refractivity contribution is 0.0675. The molecule has 6 rings (SSSR count). The number of H-pyrrole nitrogens is 1. The number of likely N-dealkylation sites (tertiary alicyclic amines) is 1. The van der Waals surface area contributed by atoms with E-state index in [4.69, 9.17) is 9.47 Å². The van der Waals surface area contributed by atoms with E-state index >= 15 is 0 Å². The van der Waals surface area contributed by atoms with Crippen molar-refractivity contribution < 1.29 is 14.3 Å². The minimum Gasteiger partial charge on any atom is -0.487 e. The molecule has 4 aromatic rings. The van der Waals surface area contributed by atoms with E-state index in [1.165, 1.54) is 0 Å². The average Bonchev–Trinajstić information content (AvgIpc) is 3.54. The highest BCUT2D eigenvalue weighted by Crippen LogP contribution is 2.30. The van der Waals surface area contributed by atoms with Gasteiger partial charge in [-0.1, -0.05) is 0 Å². The number of ether oxygens (including phenoxy) is 2. The Morgan fingerprint density at radius 3 is 2.72 bits per heavy atom. The highest BCUT2D eigenvalue weighted by molar-refractivity contribution is 6.07. The second kappa shape index (κ2) is 9.05. The Morgan fingerprint density at radius 2 is 1.94 bits per heavy atom. The van der Waals surface area contributed by atoms with Crippen molar-refractivity contribution in [3.63, 3.8) is 0 Å². The fraction of sp³-hybridized carbons (Fsp3) is 0.407. The Balaban J connectivity index is 1.33. The predicted molar refractivity (Wildman–Crippen MR) is 136 cm³/mol. The number of carbonyl (C=O) groups excluding carboxylic acids is 1. The number of amides is 1. The number of hydrogen-bond donors (Lipinski definition) is 1. The standard InChI is InChI=1S/C27H29N5O4/c1-16-11-24-22(25-23(26(33)30-24)14-29-32(25)18-6-9-35-10-7-18)12-21(16)27(34)31-8-5-20(15-31)36-19-4-3-17(2)28-13-19/h3-4,11-14,18,20H,5-10,15H2,1-2H3,(H,30,33). The Bertz CT molecular complexity index is 1500. The summed E-state index contributed by atoms with van der Waals surface area (Å²) in [6.45, 7) is 6.34. The van der Waals surface area contributed by atoms with Crippen LogP contribution in [0, 0.1) is 13.8 Å². The third-order valence-electron chi connectivity index (χ3n) is 7.29. The number of aromatic amines is 1. The molecule has 0 radical (unpaired) electrons. The smallest absolute Gasteiger partial charge is 0.259 e. The number of fused-ring (bicyclic) bond motifs is 3. The first-order valence-electron chi connectivity index (χ1n) is 12.5. The summed E-state index contributed by atoms with van der Waals surface area (Å²) in [5, 5.41) is 5.96. The van der Waals surface area contributed by atoms with Crippen LogP contribution in [0.5, 0.6) is 5.75 Å². The molecule has 0 aliphatic carbocycles. The second-order valence-corrected chi connectivity index (χ2v) is 9.78. The molecule has 2 fully saturated rings. The van der Waals surface area contributed by atoms with Gasteiger partial charge in [-0.15, -0.1) is 0 Å². The van der Waals surface area contributed by atoms with Gasteiger partial charge >= 0.3 is 0 Å². The first-order valence-corrected chi connectivity index (χ1v) is 12.5. The van der Waals surface area contributed by atoms with Gasteiger partial charge in [-0.2, -0.15) is 5.10 Å². The molecule has 5 heterocycles. The average molecular weight is 488 g/mol. The minimum atomic E-state index is -0.167. The van der Waals surface area contributed by atoms with E-state index in [1.807, 2.05) is 47.7 Å². The summed E-state index contributed by atoms with van der Waals surface area (Å²) >= 11 is 0. The van der Waals surface area contributed by atoms with Crippen molar-refractivity contribution in [2.45, 2.75) is 45.3 Å². The first kappa shape index (κ1) is 22.7. The summed E-state index contributed by atoms with van der Waals surface area (Å²) in [4.78, 5) is 35.5. The van der Waals surface area contributed by atoms with Gasteiger partial charge in [0.15, 0.2) is 0 Å². The van der Waals surface area contributed by atoms with Crippen molar-refractivity contribution in [2.75, 3.05) is 26.3 Å². The van der Waals surface area contributed by atoms with Crippen molar-refractivity contribution in [1.29, 1.82) is 0 Å². The Hall–Kier alpha value is -3.72. The van der Waals surface area contributed by atoms with Gasteiger partial charge < -0.3 is 19.4 Å². The van der Waals surface area contributed by atoms with Crippen LogP contribution in [0.15, 0.2) is 41.5 Å². The van der Waals surface area contributed by atoms with Crippen LogP contribution in [0.3, 0.4) is 0 Å². The molecule has 3 aromatic heterocycles. The summed E-state index contributed by atoms with van der Waals surface area (Å²) in [5.41, 5.74) is 3.72. The van der Waals surface area contributed by atoms with Gasteiger partial charge in [0.2, 0.25) is 0 Å². The summed E-state index contributed by atoms with van der Waals surface area (Å²) < 4.78 is 13.5. The molecule has 2 saturated heterocycles. The van der Waals surface area contributed by atoms with E-state index in [0.717, 1.165) is 47.2 Å². The normalized spacial score (nSPS) is 18.8. The van der Waals surface area contributed by atoms with Gasteiger partial charge in [0, 0.05) is 42.8 Å². The van der Waals surface area contributed by atoms with E-state index < -0.39 is 0 Å². The predicted octanol–water partition coefficient (Wildman–Crippen LogP) is 3.53. The van der Waals surface area contributed by atoms with Crippen LogP contribution < -0.4 is 10.3 Å². The van der Waals surface area contributed by atoms with Crippen LogP contribution in [-0.4, -0.2) is 63.0 Å². The molecule has 0 bridgehead atoms. The highest BCUT2D eigenvalue weighted by atomic mass is 16.5. The number of aromatic nitrogens is 4. The molecule has 1 N–H and O–H groups in total. The number of carbonyl (C=O) groups is 1. The Kier molecular flexibility index (Phi) is 5.72. The van der Waals surface area contributed by atoms with Crippen molar-refractivity contribution in [2.24, 2.45) is 0 Å². The summed E-state index contributed by atoms with van der Waals surface area (Å²) in [7, 11) is 0. The highest BCUT2D eigenvalue weighted by Gasteiger charge is 2.30. The van der Waals surface area contributed by atoms with E-state index in [1.54, 1.807) is 12.4 Å². The fourth-order valence-electron chi connectivity index (χ4n) is 5.33. The number of hydrogen-bond acceptors (Lipinski definition) is 6. The molecule has 1 atom stereocenters. The maximum Gasteiger partial charge on any atom is 0.259 e. The van der Waals surface area contributed by atoms with Crippen LogP contribution in [0.1, 0.15) is 46.9 Å². The van der Waals surface area contributed by atoms with Crippen LogP contribution in [0.4, 0.5) is 0 Å². The van der Waals surface area contributed by atoms with Crippen LogP contribution in [0.25, 0.3) is 21.8 Å². The fourth-order valence-corrected chi connectivity index (χ4v) is 5.33. The van der Waals surface area contributed by atoms with Gasteiger partial charge in [-0.3, -0.25) is 19.3 Å². The Labute approximate surface area is 208 Å². The third kappa shape index (κ3) is 4.03. The molecule has 36 heavy (non-hydrogen) atoms. The van der Waals surface area contributed by atoms with E-state index in [9.17, 15) is 9.59 Å². The molecular weight excluding hydrogens is 458 g/mol. The van der Waals surface area contributed by atoms with Crippen molar-refractivity contribution >= 4 is 27.7 Å². The van der Waals surface area contributed by atoms with Crippen molar-refractivity contribution in [1.82, 2.24) is 24.6 Å². The molecular formula is C27H29N5O4. The molecule has 9 nitrogen and oxygen atoms in total. The lowest BCUT2D eigenvalue weighted by Crippen LogP contribution is -2.31. The number of nitrogens with one attached hydrogen (secondary N) is 1. The summed E-state index contributed by atoms with van der Waals surface area (Å²) in [6.07, 6.45) is 5.73. The zero-order valence-electron chi connectivity index (χ0n) is 20.5. The largest absolute Gasteiger partial charge is 0.487 e. The molecule has 0 spiro atoms. The van der Waals surface area contributed by atoms with Crippen molar-refractivity contribution in [3.05, 3.63) is 63.8 Å². The molecule has 186 valence electrons. The molecule has 9 heteroatoms. The lowest BCUT2D eigenvalue weighted by Gasteiger charge is -2.23. The van der Waals surface area contributed by atoms with Gasteiger partial charge in [-0.05, 0) is 56.5 Å². The summed E-state index contributed by atoms with van der Waals surface area (Å²) in [6, 6.07) is 7.80. The van der Waals surface area contributed by atoms with Crippen LogP contribution in [0.2, 0.25) is 0 Å². The van der Waals surface area contributed by atoms with Gasteiger partial charge in [0.1, 0.15) is 11.9 Å². The van der Waals surface area contributed by atoms with Gasteiger partial charge in [0.05, 0.1) is 41.4 Å². The SMILES string of the molecule is Cc1ccc(OC2CCN(C(=O)c3cc4c(cc3C)[nH]c(=O)c3cnn(C5CCOCC5)c34)C2)cn1. The number of benzene rings is 1. The summed E-state index contributed by atoms with van der Waals surface area (Å²) in [5.74, 6) is 0.688. The van der Waals surface area contributed by atoms with Crippen LogP contribution >= 0.6 is 0 Å². The van der Waals surface area contributed by atoms with Crippen LogP contribution in [-0.2, 0) is 4.74 Å². The molecule has 1 unspecified atom stereocenters. The Morgan fingerprint density at radius 1 is 1.11 bits per heavy atom. The maximum atomic E-state index is 13.6. The molecule has 1 amide bonds. The molecule has 2 aliphatic rings. The van der Waals surface area contributed by atoms with Gasteiger partial charge in [-0.25, -0.2) is 0 Å².